The summed E-state index contributed by atoms with van der Waals surface area (Å²) >= 11 is 0. The summed E-state index contributed by atoms with van der Waals surface area (Å²) in [6.07, 6.45) is 4.00. The van der Waals surface area contributed by atoms with Crippen LogP contribution in [0.5, 0.6) is 0 Å². The maximum Gasteiger partial charge on any atom is 0.0130 e. The van der Waals surface area contributed by atoms with E-state index in [1.165, 1.54) is 19.3 Å². The van der Waals surface area contributed by atoms with Gasteiger partial charge in [-0.3, -0.25) is 0 Å². The maximum atomic E-state index is 6.50. The zero-order chi connectivity index (χ0) is 9.83. The second-order valence-corrected chi connectivity index (χ2v) is 4.75. The van der Waals surface area contributed by atoms with E-state index in [1.54, 1.807) is 0 Å². The summed E-state index contributed by atoms with van der Waals surface area (Å²) in [5.41, 5.74) is 0.726. The van der Waals surface area contributed by atoms with Crippen LogP contribution in [0.4, 0.5) is 0 Å². The van der Waals surface area contributed by atoms with Gasteiger partial charge in [-0.25, -0.2) is 5.90 Å². The van der Waals surface area contributed by atoms with E-state index in [1.807, 2.05) is 0 Å². The highest BCUT2D eigenvalue weighted by Gasteiger charge is 2.31. The Morgan fingerprint density at radius 1 is 1.00 bits per heavy atom. The molecule has 0 spiro atoms. The number of nitrogens with two attached hydrogens (primary N) is 1. The molecule has 1 fully saturated rings. The fourth-order valence-electron chi connectivity index (χ4n) is 2.01. The Morgan fingerprint density at radius 2 is 1.33 bits per heavy atom. The Hall–Kier alpha value is -0.120. The predicted octanol–water partition coefficient (Wildman–Crippen LogP) is 1.65. The van der Waals surface area contributed by atoms with Crippen molar-refractivity contribution < 1.29 is 5.21 Å². The van der Waals surface area contributed by atoms with Gasteiger partial charge in [0.2, 0.25) is 0 Å². The van der Waals surface area contributed by atoms with Crippen LogP contribution < -0.4 is 11.2 Å². The van der Waals surface area contributed by atoms with Crippen molar-refractivity contribution in [2.45, 2.75) is 58.0 Å². The average molecular weight is 174 g/mol. The lowest BCUT2D eigenvalue weighted by molar-refractivity contribution is 0.183. The van der Waals surface area contributed by atoms with Crippen molar-refractivity contribution in [1.29, 1.82) is 0 Å². The molecule has 3 heteroatoms. The van der Waals surface area contributed by atoms with Crippen LogP contribution in [0.1, 0.15) is 47.0 Å². The molecule has 0 aromatic heterocycles. The molecule has 1 rings (SSSR count). The molecule has 0 radical (unpaired) electrons. The van der Waals surface area contributed by atoms with Crippen molar-refractivity contribution in [1.82, 2.24) is 5.32 Å². The summed E-state index contributed by atoms with van der Waals surface area (Å²) in [5, 5.41) is 10.1. The first-order valence-electron chi connectivity index (χ1n) is 4.47. The van der Waals surface area contributed by atoms with E-state index in [0.29, 0.717) is 11.1 Å². The highest BCUT2D eigenvalue weighted by Crippen LogP contribution is 2.27. The molecule has 0 aliphatic carbocycles. The molecule has 4 N–H and O–H groups in total. The minimum absolute atomic E-state index is 0.363. The molecule has 1 heterocycles. The van der Waals surface area contributed by atoms with Crippen LogP contribution in [0.3, 0.4) is 0 Å². The molecule has 12 heavy (non-hydrogen) atoms. The summed E-state index contributed by atoms with van der Waals surface area (Å²) in [4.78, 5) is 0. The van der Waals surface area contributed by atoms with Gasteiger partial charge in [-0.05, 0) is 47.0 Å². The Morgan fingerprint density at radius 3 is 1.50 bits per heavy atom. The summed E-state index contributed by atoms with van der Waals surface area (Å²) in [6, 6.07) is 0. The first-order valence-corrected chi connectivity index (χ1v) is 4.47. The molecule has 74 valence electrons. The first kappa shape index (κ1) is 11.9. The third kappa shape index (κ3) is 4.04. The van der Waals surface area contributed by atoms with E-state index < -0.39 is 0 Å². The Labute approximate surface area is 75.3 Å². The number of hydrogen-bond acceptors (Lipinski definition) is 3. The summed E-state index contributed by atoms with van der Waals surface area (Å²) in [7, 11) is 0. The van der Waals surface area contributed by atoms with Gasteiger partial charge in [-0.2, -0.15) is 0 Å². The third-order valence-electron chi connectivity index (χ3n) is 2.28. The smallest absolute Gasteiger partial charge is 0.0130 e. The lowest BCUT2D eigenvalue weighted by atomic mass is 9.83. The number of hydrogen-bond donors (Lipinski definition) is 3. The van der Waals surface area contributed by atoms with Gasteiger partial charge in [0.05, 0.1) is 0 Å². The van der Waals surface area contributed by atoms with Crippen LogP contribution >= 0.6 is 0 Å². The van der Waals surface area contributed by atoms with E-state index in [-0.39, 0.29) is 0 Å². The van der Waals surface area contributed by atoms with Crippen molar-refractivity contribution in [2.75, 3.05) is 0 Å². The predicted molar refractivity (Wildman–Crippen MR) is 51.1 cm³/mol. The largest absolute Gasteiger partial charge is 0.320 e. The topological polar surface area (TPSA) is 58.3 Å². The van der Waals surface area contributed by atoms with E-state index in [2.05, 4.69) is 38.9 Å². The molecule has 1 saturated heterocycles. The van der Waals surface area contributed by atoms with Gasteiger partial charge in [0.15, 0.2) is 0 Å². The normalized spacial score (nSPS) is 25.5. The van der Waals surface area contributed by atoms with Gasteiger partial charge in [-0.1, -0.05) is 0 Å². The lowest BCUT2D eigenvalue weighted by Crippen LogP contribution is -2.55. The second-order valence-electron chi connectivity index (χ2n) is 4.75. The van der Waals surface area contributed by atoms with Crippen LogP contribution in [0.25, 0.3) is 0 Å². The molecule has 0 atom stereocenters. The van der Waals surface area contributed by atoms with Crippen molar-refractivity contribution in [3.05, 3.63) is 0 Å². The number of piperidine rings is 1. The second kappa shape index (κ2) is 4.21. The number of nitrogens with one attached hydrogen (secondary N) is 1. The molecular formula is C9H22N2O. The van der Waals surface area contributed by atoms with Crippen LogP contribution in [0, 0.1) is 0 Å². The monoisotopic (exact) mass is 174 g/mol. The molecule has 0 aromatic carbocycles. The Bertz CT molecular complexity index is 118. The first-order chi connectivity index (χ1) is 5.41. The molecule has 0 aromatic rings. The highest BCUT2D eigenvalue weighted by molar-refractivity contribution is 4.92. The Balaban J connectivity index is 0.000000561. The maximum absolute atomic E-state index is 6.50. The fourth-order valence-corrected chi connectivity index (χ4v) is 2.01. The summed E-state index contributed by atoms with van der Waals surface area (Å²) in [6.45, 7) is 9.14. The average Bonchev–Trinajstić information content (AvgIpc) is 1.86. The molecule has 1 aliphatic rings. The van der Waals surface area contributed by atoms with Crippen LogP contribution in [0.15, 0.2) is 0 Å². The molecule has 1 aliphatic heterocycles. The molecule has 0 amide bonds. The summed E-state index contributed by atoms with van der Waals surface area (Å²) < 4.78 is 0. The summed E-state index contributed by atoms with van der Waals surface area (Å²) in [5.74, 6) is 3.50. The quantitative estimate of drug-likeness (QED) is 0.489. The molecular weight excluding hydrogens is 152 g/mol. The molecule has 0 unspecified atom stereocenters. The van der Waals surface area contributed by atoms with Gasteiger partial charge in [0.1, 0.15) is 0 Å². The van der Waals surface area contributed by atoms with Gasteiger partial charge >= 0.3 is 0 Å². The van der Waals surface area contributed by atoms with Crippen LogP contribution in [-0.4, -0.2) is 16.3 Å². The highest BCUT2D eigenvalue weighted by atomic mass is 16.4. The van der Waals surface area contributed by atoms with E-state index in [4.69, 9.17) is 5.21 Å². The van der Waals surface area contributed by atoms with Gasteiger partial charge in [0, 0.05) is 11.1 Å². The molecule has 0 saturated carbocycles. The van der Waals surface area contributed by atoms with E-state index in [9.17, 15) is 0 Å². The minimum atomic E-state index is 0.363. The number of rotatable bonds is 0. The molecule has 0 bridgehead atoms. The van der Waals surface area contributed by atoms with Gasteiger partial charge in [-0.15, -0.1) is 0 Å². The third-order valence-corrected chi connectivity index (χ3v) is 2.28. The van der Waals surface area contributed by atoms with Crippen molar-refractivity contribution in [3.63, 3.8) is 0 Å². The van der Waals surface area contributed by atoms with E-state index >= 15 is 0 Å². The van der Waals surface area contributed by atoms with Crippen molar-refractivity contribution >= 4 is 0 Å². The van der Waals surface area contributed by atoms with Crippen LogP contribution in [0.2, 0.25) is 0 Å². The fraction of sp³-hybridized carbons (Fsp3) is 1.00. The minimum Gasteiger partial charge on any atom is -0.320 e. The van der Waals surface area contributed by atoms with Gasteiger partial charge < -0.3 is 10.5 Å². The van der Waals surface area contributed by atoms with Crippen LogP contribution in [-0.2, 0) is 0 Å². The Kier molecular flexibility index (Phi) is 4.17. The van der Waals surface area contributed by atoms with Gasteiger partial charge in [0.25, 0.3) is 0 Å². The van der Waals surface area contributed by atoms with Crippen molar-refractivity contribution in [3.8, 4) is 0 Å². The SMILES string of the molecule is CC1(C)CCCC(C)(C)N1.NO. The molecule has 3 nitrogen and oxygen atoms in total. The zero-order valence-corrected chi connectivity index (χ0v) is 8.65. The zero-order valence-electron chi connectivity index (χ0n) is 8.65. The van der Waals surface area contributed by atoms with E-state index in [0.717, 1.165) is 0 Å². The standard InChI is InChI=1S/C9H19N.H3NO/c1-8(2)6-5-7-9(3,4)10-8;1-2/h10H,5-7H2,1-4H3;2H,1H2. The van der Waals surface area contributed by atoms with Crippen molar-refractivity contribution in [2.24, 2.45) is 5.90 Å². The lowest BCUT2D eigenvalue weighted by Gasteiger charge is -2.42.